The number of aliphatic hydroxyl groups excluding tert-OH is 1. The molecule has 0 aliphatic rings. The van der Waals surface area contributed by atoms with Gasteiger partial charge in [0.25, 0.3) is 0 Å². The van der Waals surface area contributed by atoms with E-state index in [0.29, 0.717) is 17.4 Å². The van der Waals surface area contributed by atoms with Gasteiger partial charge in [0.05, 0.1) is 39.9 Å². The lowest BCUT2D eigenvalue weighted by Gasteiger charge is -2.25. The molecule has 0 aromatic rings. The molecule has 1 unspecified atom stereocenters. The second-order valence-corrected chi connectivity index (χ2v) is 15.7. The fourth-order valence-corrected chi connectivity index (χ4v) is 5.89. The Bertz CT molecular complexity index is 886. The van der Waals surface area contributed by atoms with Crippen LogP contribution in [-0.2, 0) is 18.4 Å². The van der Waals surface area contributed by atoms with Crippen LogP contribution in [0.4, 0.5) is 0 Å². The second kappa shape index (κ2) is 31.7. The number of nitrogens with one attached hydrogen (secondary N) is 1. The first-order chi connectivity index (χ1) is 23.0. The summed E-state index contributed by atoms with van der Waals surface area (Å²) in [7, 11) is 1.55. The molecule has 3 N–H and O–H groups in total. The number of quaternary nitrogens is 1. The molecule has 1 amide bonds. The predicted molar refractivity (Wildman–Crippen MR) is 203 cm³/mol. The van der Waals surface area contributed by atoms with Gasteiger partial charge >= 0.3 is 7.82 Å². The van der Waals surface area contributed by atoms with E-state index in [1.165, 1.54) is 83.5 Å². The van der Waals surface area contributed by atoms with Crippen molar-refractivity contribution in [2.45, 2.75) is 167 Å². The van der Waals surface area contributed by atoms with Crippen LogP contribution in [0.1, 0.15) is 155 Å². The van der Waals surface area contributed by atoms with E-state index in [1.807, 2.05) is 27.2 Å². The molecule has 0 rings (SSSR count). The van der Waals surface area contributed by atoms with Gasteiger partial charge in [-0.2, -0.15) is 0 Å². The van der Waals surface area contributed by atoms with Gasteiger partial charge < -0.3 is 19.8 Å². The summed E-state index contributed by atoms with van der Waals surface area (Å²) in [6.07, 6.45) is 36.3. The van der Waals surface area contributed by atoms with Gasteiger partial charge in [-0.1, -0.05) is 121 Å². The van der Waals surface area contributed by atoms with Gasteiger partial charge in [-0.3, -0.25) is 13.8 Å². The number of allylic oxidation sites excluding steroid dienone is 5. The van der Waals surface area contributed by atoms with Crippen LogP contribution in [0.3, 0.4) is 0 Å². The van der Waals surface area contributed by atoms with Crippen molar-refractivity contribution >= 4 is 13.7 Å². The number of phosphoric acid groups is 1. The summed E-state index contributed by atoms with van der Waals surface area (Å²) < 4.78 is 23.4. The second-order valence-electron chi connectivity index (χ2n) is 14.3. The summed E-state index contributed by atoms with van der Waals surface area (Å²) in [5.74, 6) is -0.193. The van der Waals surface area contributed by atoms with Crippen LogP contribution in [0, 0.1) is 0 Å². The number of aliphatic hydroxyl groups is 1. The monoisotopic (exact) mass is 700 g/mol. The summed E-state index contributed by atoms with van der Waals surface area (Å²) in [6, 6.07) is -0.851. The Kier molecular flexibility index (Phi) is 30.8. The molecule has 282 valence electrons. The van der Waals surface area contributed by atoms with Gasteiger partial charge in [0.15, 0.2) is 0 Å². The molecule has 0 bridgehead atoms. The molecule has 48 heavy (non-hydrogen) atoms. The zero-order valence-corrected chi connectivity index (χ0v) is 32.6. The summed E-state index contributed by atoms with van der Waals surface area (Å²) in [4.78, 5) is 23.0. The number of phosphoric ester groups is 1. The van der Waals surface area contributed by atoms with Crippen molar-refractivity contribution in [3.05, 3.63) is 36.5 Å². The maximum Gasteiger partial charge on any atom is 0.472 e. The number of hydrogen-bond acceptors (Lipinski definition) is 5. The number of unbranched alkanes of at least 4 members (excludes halogenated alkanes) is 17. The van der Waals surface area contributed by atoms with Crippen molar-refractivity contribution in [3.63, 3.8) is 0 Å². The van der Waals surface area contributed by atoms with E-state index in [2.05, 4.69) is 43.5 Å². The SMILES string of the molecule is CCC/C=C/CCCCCCCC/C=C/[C@@H](O)[C@H](COP(=O)(O)OCC[N+](C)(C)C)NC(=O)CCCCCCC/C=C/CCCCCC. The average Bonchev–Trinajstić information content (AvgIpc) is 3.02. The lowest BCUT2D eigenvalue weighted by Crippen LogP contribution is -2.45. The fourth-order valence-electron chi connectivity index (χ4n) is 5.15. The number of likely N-dealkylation sites (N-methyl/N-ethyl adjacent to an activating group) is 1. The lowest BCUT2D eigenvalue weighted by molar-refractivity contribution is -0.870. The van der Waals surface area contributed by atoms with E-state index >= 15 is 0 Å². The number of rotatable bonds is 34. The van der Waals surface area contributed by atoms with E-state index < -0.39 is 20.0 Å². The van der Waals surface area contributed by atoms with Gasteiger partial charge in [-0.05, 0) is 64.2 Å². The molecule has 0 heterocycles. The molecule has 0 aliphatic heterocycles. The van der Waals surface area contributed by atoms with Crippen LogP contribution in [0.15, 0.2) is 36.5 Å². The third-order valence-corrected chi connectivity index (χ3v) is 9.29. The Morgan fingerprint density at radius 2 is 1.17 bits per heavy atom. The summed E-state index contributed by atoms with van der Waals surface area (Å²) in [5.41, 5.74) is 0. The maximum atomic E-state index is 12.8. The van der Waals surface area contributed by atoms with Crippen LogP contribution in [0.5, 0.6) is 0 Å². The van der Waals surface area contributed by atoms with Gasteiger partial charge in [0.1, 0.15) is 13.2 Å². The first kappa shape index (κ1) is 46.7. The predicted octanol–water partition coefficient (Wildman–Crippen LogP) is 9.96. The number of carbonyl (C=O) groups excluding carboxylic acids is 1. The third-order valence-electron chi connectivity index (χ3n) is 8.30. The molecule has 0 saturated carbocycles. The molecule has 0 aromatic carbocycles. The Balaban J connectivity index is 4.57. The minimum atomic E-state index is -4.33. The van der Waals surface area contributed by atoms with Gasteiger partial charge in [-0.25, -0.2) is 4.57 Å². The molecule has 0 aliphatic carbocycles. The first-order valence-electron chi connectivity index (χ1n) is 19.4. The summed E-state index contributed by atoms with van der Waals surface area (Å²) in [5, 5.41) is 13.7. The Hall–Kier alpha value is -1.28. The molecule has 0 saturated heterocycles. The number of nitrogens with zero attached hydrogens (tertiary/aromatic N) is 1. The van der Waals surface area contributed by atoms with Crippen LogP contribution in [0.2, 0.25) is 0 Å². The van der Waals surface area contributed by atoms with Gasteiger partial charge in [0, 0.05) is 6.42 Å². The highest BCUT2D eigenvalue weighted by atomic mass is 31.2. The van der Waals surface area contributed by atoms with E-state index in [-0.39, 0.29) is 19.1 Å². The van der Waals surface area contributed by atoms with Crippen LogP contribution in [-0.4, -0.2) is 73.4 Å². The van der Waals surface area contributed by atoms with Crippen molar-refractivity contribution in [2.24, 2.45) is 0 Å². The Morgan fingerprint density at radius 3 is 1.69 bits per heavy atom. The zero-order chi connectivity index (χ0) is 35.8. The molecule has 0 fully saturated rings. The van der Waals surface area contributed by atoms with Crippen molar-refractivity contribution in [1.29, 1.82) is 0 Å². The summed E-state index contributed by atoms with van der Waals surface area (Å²) in [6.45, 7) is 4.70. The van der Waals surface area contributed by atoms with Crippen molar-refractivity contribution in [1.82, 2.24) is 5.32 Å². The molecule has 0 radical (unpaired) electrons. The third kappa shape index (κ3) is 33.2. The molecular weight excluding hydrogens is 623 g/mol. The van der Waals surface area contributed by atoms with Gasteiger partial charge in [-0.15, -0.1) is 0 Å². The van der Waals surface area contributed by atoms with Gasteiger partial charge in [0.2, 0.25) is 5.91 Å². The quantitative estimate of drug-likeness (QED) is 0.0267. The Morgan fingerprint density at radius 1 is 0.688 bits per heavy atom. The van der Waals surface area contributed by atoms with Crippen molar-refractivity contribution in [3.8, 4) is 0 Å². The van der Waals surface area contributed by atoms with Crippen molar-refractivity contribution in [2.75, 3.05) is 40.9 Å². The molecule has 0 spiro atoms. The Labute approximate surface area is 296 Å². The topological polar surface area (TPSA) is 105 Å². The number of amides is 1. The highest BCUT2D eigenvalue weighted by molar-refractivity contribution is 7.47. The van der Waals surface area contributed by atoms with Crippen LogP contribution < -0.4 is 5.32 Å². The standard InChI is InChI=1S/C39H75N2O6P/c1-6-8-10-12-14-16-18-20-22-24-26-28-30-32-38(42)37(36-47-48(44,45)46-35-34-41(3,4)5)40-39(43)33-31-29-27-25-23-21-19-17-15-13-11-9-7-2/h10,12,17,19,30,32,37-38,42H,6-9,11,13-16,18,20-29,31,33-36H2,1-5H3,(H-,40,43,44,45)/p+1/b12-10+,19-17+,32-30+/t37-,38+/m0/s1. The molecule has 8 nitrogen and oxygen atoms in total. The maximum absolute atomic E-state index is 12.8. The van der Waals surface area contributed by atoms with E-state index in [1.54, 1.807) is 6.08 Å². The van der Waals surface area contributed by atoms with E-state index in [4.69, 9.17) is 9.05 Å². The van der Waals surface area contributed by atoms with Crippen LogP contribution in [0.25, 0.3) is 0 Å². The molecule has 3 atom stereocenters. The first-order valence-corrected chi connectivity index (χ1v) is 20.9. The molecule has 9 heteroatoms. The van der Waals surface area contributed by atoms with Crippen molar-refractivity contribution < 1.29 is 32.9 Å². The minimum absolute atomic E-state index is 0.0576. The number of hydrogen-bond donors (Lipinski definition) is 3. The lowest BCUT2D eigenvalue weighted by atomic mass is 10.1. The van der Waals surface area contributed by atoms with Crippen LogP contribution >= 0.6 is 7.82 Å². The average molecular weight is 700 g/mol. The minimum Gasteiger partial charge on any atom is -0.387 e. The summed E-state index contributed by atoms with van der Waals surface area (Å²) >= 11 is 0. The highest BCUT2D eigenvalue weighted by Gasteiger charge is 2.27. The van der Waals surface area contributed by atoms with E-state index in [0.717, 1.165) is 51.4 Å². The zero-order valence-electron chi connectivity index (χ0n) is 31.7. The smallest absolute Gasteiger partial charge is 0.387 e. The molecule has 0 aromatic heterocycles. The normalized spacial score (nSPS) is 15.1. The largest absolute Gasteiger partial charge is 0.472 e. The fraction of sp³-hybridized carbons (Fsp3) is 0.821. The highest BCUT2D eigenvalue weighted by Crippen LogP contribution is 2.43. The van der Waals surface area contributed by atoms with E-state index in [9.17, 15) is 19.4 Å². The molecular formula is C39H76N2O6P+. The number of carbonyl (C=O) groups is 1.